The molecule has 2 aromatic carbocycles. The largest absolute Gasteiger partial charge is 0.0763 e. The third-order valence-electron chi connectivity index (χ3n) is 6.40. The highest BCUT2D eigenvalue weighted by Gasteiger charge is 2.21. The second-order valence-corrected chi connectivity index (χ2v) is 8.20. The number of benzene rings is 2. The molecular weight excluding hydrogens is 324 g/mol. The second-order valence-electron chi connectivity index (χ2n) is 8.20. The van der Waals surface area contributed by atoms with E-state index in [1.54, 1.807) is 11.1 Å². The highest BCUT2D eigenvalue weighted by molar-refractivity contribution is 5.74. The predicted octanol–water partition coefficient (Wildman–Crippen LogP) is 7.63. The van der Waals surface area contributed by atoms with Gasteiger partial charge in [-0.15, -0.1) is 0 Å². The van der Waals surface area contributed by atoms with Crippen molar-refractivity contribution < 1.29 is 0 Å². The van der Waals surface area contributed by atoms with Crippen LogP contribution < -0.4 is 0 Å². The van der Waals surface area contributed by atoms with Crippen molar-refractivity contribution in [2.45, 2.75) is 64.7 Å². The summed E-state index contributed by atoms with van der Waals surface area (Å²) in [5, 5.41) is 0. The van der Waals surface area contributed by atoms with E-state index < -0.39 is 0 Å². The number of hydrogen-bond donors (Lipinski definition) is 0. The predicted molar refractivity (Wildman–Crippen MR) is 118 cm³/mol. The number of allylic oxidation sites excluding steroid dienone is 4. The van der Waals surface area contributed by atoms with E-state index in [4.69, 9.17) is 0 Å². The zero-order chi connectivity index (χ0) is 18.5. The van der Waals surface area contributed by atoms with Crippen molar-refractivity contribution in [2.24, 2.45) is 5.92 Å². The zero-order valence-electron chi connectivity index (χ0n) is 16.7. The van der Waals surface area contributed by atoms with E-state index in [0.717, 1.165) is 18.8 Å². The van der Waals surface area contributed by atoms with Gasteiger partial charge in [-0.05, 0) is 77.8 Å². The van der Waals surface area contributed by atoms with Gasteiger partial charge < -0.3 is 0 Å². The van der Waals surface area contributed by atoms with Gasteiger partial charge in [-0.1, -0.05) is 86.9 Å². The Bertz CT molecular complexity index is 837. The van der Waals surface area contributed by atoms with Crippen molar-refractivity contribution >= 4 is 11.1 Å². The Morgan fingerprint density at radius 1 is 0.741 bits per heavy atom. The third-order valence-corrected chi connectivity index (χ3v) is 6.40. The molecule has 0 fully saturated rings. The molecule has 0 aliphatic heterocycles. The van der Waals surface area contributed by atoms with Gasteiger partial charge in [0.1, 0.15) is 0 Å². The molecule has 0 radical (unpaired) electrons. The van der Waals surface area contributed by atoms with Crippen molar-refractivity contribution in [1.82, 2.24) is 0 Å². The van der Waals surface area contributed by atoms with Gasteiger partial charge in [0.25, 0.3) is 0 Å². The van der Waals surface area contributed by atoms with Crippen LogP contribution in [0.2, 0.25) is 0 Å². The maximum atomic E-state index is 2.51. The first-order valence-corrected chi connectivity index (χ1v) is 10.9. The van der Waals surface area contributed by atoms with Crippen LogP contribution in [-0.4, -0.2) is 0 Å². The van der Waals surface area contributed by atoms with Crippen molar-refractivity contribution in [1.29, 1.82) is 0 Å². The summed E-state index contributed by atoms with van der Waals surface area (Å²) in [6, 6.07) is 18.0. The molecule has 2 aliphatic rings. The first kappa shape index (κ1) is 18.3. The Labute approximate surface area is 165 Å². The minimum Gasteiger partial charge on any atom is -0.0763 e. The molecule has 0 saturated heterocycles. The summed E-state index contributed by atoms with van der Waals surface area (Å²) in [5.74, 6) is 0.749. The van der Waals surface area contributed by atoms with Gasteiger partial charge in [-0.2, -0.15) is 0 Å². The molecule has 140 valence electrons. The van der Waals surface area contributed by atoms with Crippen LogP contribution in [0.5, 0.6) is 0 Å². The summed E-state index contributed by atoms with van der Waals surface area (Å²) in [6.07, 6.45) is 16.5. The zero-order valence-corrected chi connectivity index (χ0v) is 16.7. The highest BCUT2D eigenvalue weighted by atomic mass is 14.3. The smallest absolute Gasteiger partial charge is 0.00853 e. The number of rotatable bonds is 9. The molecule has 1 unspecified atom stereocenters. The summed E-state index contributed by atoms with van der Waals surface area (Å²) in [7, 11) is 0. The maximum Gasteiger partial charge on any atom is -0.00853 e. The minimum absolute atomic E-state index is 0.749. The van der Waals surface area contributed by atoms with Gasteiger partial charge in [0.05, 0.1) is 0 Å². The molecular formula is C27H32. The lowest BCUT2D eigenvalue weighted by Crippen LogP contribution is -2.03. The summed E-state index contributed by atoms with van der Waals surface area (Å²) in [4.78, 5) is 0. The van der Waals surface area contributed by atoms with Gasteiger partial charge >= 0.3 is 0 Å². The van der Waals surface area contributed by atoms with E-state index in [0.29, 0.717) is 0 Å². The first-order chi connectivity index (χ1) is 13.4. The Balaban J connectivity index is 1.34. The van der Waals surface area contributed by atoms with Gasteiger partial charge in [0, 0.05) is 0 Å². The molecule has 0 nitrogen and oxygen atoms in total. The van der Waals surface area contributed by atoms with Crippen molar-refractivity contribution in [3.05, 3.63) is 82.9 Å². The van der Waals surface area contributed by atoms with Crippen LogP contribution in [0.1, 0.15) is 74.1 Å². The van der Waals surface area contributed by atoms with Crippen LogP contribution in [0, 0.1) is 5.92 Å². The van der Waals surface area contributed by atoms with E-state index in [1.165, 1.54) is 67.2 Å². The van der Waals surface area contributed by atoms with Crippen LogP contribution >= 0.6 is 0 Å². The Hall–Kier alpha value is -2.08. The monoisotopic (exact) mass is 356 g/mol. The normalized spacial score (nSPS) is 15.9. The number of hydrogen-bond acceptors (Lipinski definition) is 0. The van der Waals surface area contributed by atoms with Crippen LogP contribution in [0.3, 0.4) is 0 Å². The van der Waals surface area contributed by atoms with Crippen LogP contribution in [-0.2, 0) is 12.8 Å². The Kier molecular flexibility index (Phi) is 5.92. The van der Waals surface area contributed by atoms with Crippen molar-refractivity contribution in [3.8, 4) is 0 Å². The quantitative estimate of drug-likeness (QED) is 0.405. The summed E-state index contributed by atoms with van der Waals surface area (Å²) in [6.45, 7) is 2.32. The van der Waals surface area contributed by atoms with Gasteiger partial charge in [0.2, 0.25) is 0 Å². The first-order valence-electron chi connectivity index (χ1n) is 10.9. The van der Waals surface area contributed by atoms with Crippen LogP contribution in [0.25, 0.3) is 11.1 Å². The van der Waals surface area contributed by atoms with E-state index in [9.17, 15) is 0 Å². The molecule has 2 aliphatic carbocycles. The van der Waals surface area contributed by atoms with Crippen LogP contribution in [0.4, 0.5) is 0 Å². The number of fused-ring (bicyclic) bond motifs is 2. The average Bonchev–Trinajstić information content (AvgIpc) is 3.32. The third kappa shape index (κ3) is 4.10. The fourth-order valence-corrected chi connectivity index (χ4v) is 4.90. The molecule has 0 heterocycles. The molecule has 2 aromatic rings. The minimum atomic E-state index is 0.749. The standard InChI is InChI=1S/C27H32/c1-2-3-10-21(27-20-19-24-14-7-9-16-26(24)27)11-4-5-12-22-17-18-23-13-6-8-15-25(22)23/h6-9,13-17,20-21H,2-5,10-12,18-19H2,1H3. The van der Waals surface area contributed by atoms with E-state index in [-0.39, 0.29) is 0 Å². The molecule has 0 heteroatoms. The van der Waals surface area contributed by atoms with Crippen molar-refractivity contribution in [2.75, 3.05) is 0 Å². The summed E-state index contributed by atoms with van der Waals surface area (Å²) in [5.41, 5.74) is 9.31. The fourth-order valence-electron chi connectivity index (χ4n) is 4.90. The SMILES string of the molecule is CCCCC(CCCCC1=CCc2ccccc21)C1=CCc2ccccc21. The highest BCUT2D eigenvalue weighted by Crippen LogP contribution is 2.38. The molecule has 0 spiro atoms. The Morgan fingerprint density at radius 2 is 1.41 bits per heavy atom. The van der Waals surface area contributed by atoms with Crippen LogP contribution in [0.15, 0.2) is 60.7 Å². The summed E-state index contributed by atoms with van der Waals surface area (Å²) >= 11 is 0. The summed E-state index contributed by atoms with van der Waals surface area (Å²) < 4.78 is 0. The second kappa shape index (κ2) is 8.74. The van der Waals surface area contributed by atoms with E-state index in [1.807, 2.05) is 0 Å². The Morgan fingerprint density at radius 3 is 2.22 bits per heavy atom. The lowest BCUT2D eigenvalue weighted by Gasteiger charge is -2.20. The fraction of sp³-hybridized carbons (Fsp3) is 0.407. The molecule has 0 saturated carbocycles. The van der Waals surface area contributed by atoms with Gasteiger partial charge in [-0.3, -0.25) is 0 Å². The van der Waals surface area contributed by atoms with Gasteiger partial charge in [-0.25, -0.2) is 0 Å². The lowest BCUT2D eigenvalue weighted by atomic mass is 9.85. The van der Waals surface area contributed by atoms with E-state index in [2.05, 4.69) is 67.6 Å². The topological polar surface area (TPSA) is 0 Å². The molecule has 1 atom stereocenters. The molecule has 0 N–H and O–H groups in total. The van der Waals surface area contributed by atoms with Gasteiger partial charge in [0.15, 0.2) is 0 Å². The van der Waals surface area contributed by atoms with E-state index >= 15 is 0 Å². The number of unbranched alkanes of at least 4 members (excludes halogenated alkanes) is 2. The molecule has 4 rings (SSSR count). The maximum absolute atomic E-state index is 2.51. The lowest BCUT2D eigenvalue weighted by molar-refractivity contribution is 0.505. The molecule has 27 heavy (non-hydrogen) atoms. The average molecular weight is 357 g/mol. The van der Waals surface area contributed by atoms with Crippen molar-refractivity contribution in [3.63, 3.8) is 0 Å². The molecule has 0 aromatic heterocycles. The molecule has 0 amide bonds. The molecule has 0 bridgehead atoms.